The molecule has 1 N–H and O–H groups in total. The van der Waals surface area contributed by atoms with Crippen LogP contribution in [-0.4, -0.2) is 49.8 Å². The molecule has 0 spiro atoms. The summed E-state index contributed by atoms with van der Waals surface area (Å²) in [5, 5.41) is 9.26. The van der Waals surface area contributed by atoms with Crippen molar-refractivity contribution in [2.75, 3.05) is 38.4 Å². The Morgan fingerprint density at radius 1 is 1.05 bits per heavy atom. The Balaban J connectivity index is 2.05. The highest BCUT2D eigenvalue weighted by molar-refractivity contribution is 9.09. The van der Waals surface area contributed by atoms with Gasteiger partial charge in [-0.1, -0.05) is 58.4 Å². The van der Waals surface area contributed by atoms with E-state index in [1.54, 1.807) is 0 Å². The minimum absolute atomic E-state index is 0.218. The average Bonchev–Trinajstić information content (AvgIpc) is 2.57. The Bertz CT molecular complexity index is 384. The molecule has 1 aromatic rings. The molecule has 124 valence electrons. The number of halogens is 1. The molecule has 1 unspecified atom stereocenters. The lowest BCUT2D eigenvalue weighted by Crippen LogP contribution is -2.21. The van der Waals surface area contributed by atoms with Crippen molar-refractivity contribution in [2.45, 2.75) is 19.1 Å². The third-order valence-corrected chi connectivity index (χ3v) is 3.37. The van der Waals surface area contributed by atoms with Crippen LogP contribution in [0.1, 0.15) is 18.4 Å². The molecule has 1 aromatic carbocycles. The van der Waals surface area contributed by atoms with E-state index in [0.29, 0.717) is 31.8 Å². The first-order chi connectivity index (χ1) is 10.9. The quantitative estimate of drug-likeness (QED) is 0.328. The van der Waals surface area contributed by atoms with Crippen LogP contribution in [0.2, 0.25) is 0 Å². The van der Waals surface area contributed by atoms with Crippen LogP contribution in [-0.2, 0) is 14.2 Å². The van der Waals surface area contributed by atoms with Crippen LogP contribution in [0.5, 0.6) is 0 Å². The summed E-state index contributed by atoms with van der Waals surface area (Å²) < 4.78 is 16.6. The van der Waals surface area contributed by atoms with E-state index in [2.05, 4.69) is 15.9 Å². The molecule has 0 bridgehead atoms. The van der Waals surface area contributed by atoms with Gasteiger partial charge in [-0.3, -0.25) is 0 Å². The number of aliphatic hydroxyl groups is 1. The van der Waals surface area contributed by atoms with Crippen molar-refractivity contribution >= 4 is 22.0 Å². The molecular formula is C17H25BrO4. The van der Waals surface area contributed by atoms with E-state index in [0.717, 1.165) is 18.4 Å². The van der Waals surface area contributed by atoms with Gasteiger partial charge in [0, 0.05) is 13.2 Å². The summed E-state index contributed by atoms with van der Waals surface area (Å²) in [7, 11) is 0. The van der Waals surface area contributed by atoms with E-state index < -0.39 is 0 Å². The summed E-state index contributed by atoms with van der Waals surface area (Å²) >= 11 is 3.37. The molecule has 0 aliphatic carbocycles. The van der Waals surface area contributed by atoms with E-state index in [4.69, 9.17) is 19.3 Å². The summed E-state index contributed by atoms with van der Waals surface area (Å²) in [6.07, 6.45) is 5.37. The summed E-state index contributed by atoms with van der Waals surface area (Å²) in [6, 6.07) is 10.1. The predicted molar refractivity (Wildman–Crippen MR) is 92.1 cm³/mol. The number of ether oxygens (including phenoxy) is 3. The molecule has 0 radical (unpaired) electrons. The van der Waals surface area contributed by atoms with Gasteiger partial charge in [0.15, 0.2) is 6.29 Å². The summed E-state index contributed by atoms with van der Waals surface area (Å²) in [5.41, 5.74) is 1.15. The SMILES string of the molecule is OCCCCOCCOC(CBr)OC/C=C/c1ccccc1. The van der Waals surface area contributed by atoms with Crippen LogP contribution in [0.3, 0.4) is 0 Å². The molecule has 0 fully saturated rings. The average molecular weight is 373 g/mol. The van der Waals surface area contributed by atoms with Crippen LogP contribution in [0.4, 0.5) is 0 Å². The van der Waals surface area contributed by atoms with E-state index in [9.17, 15) is 0 Å². The first-order valence-electron chi connectivity index (χ1n) is 7.56. The fourth-order valence-electron chi connectivity index (χ4n) is 1.70. The van der Waals surface area contributed by atoms with Crippen molar-refractivity contribution in [1.82, 2.24) is 0 Å². The Hall–Kier alpha value is -0.720. The molecule has 1 rings (SSSR count). The number of hydrogen-bond acceptors (Lipinski definition) is 4. The number of benzene rings is 1. The summed E-state index contributed by atoms with van der Waals surface area (Å²) in [6.45, 7) is 2.41. The van der Waals surface area contributed by atoms with Gasteiger partial charge >= 0.3 is 0 Å². The molecule has 22 heavy (non-hydrogen) atoms. The number of unbranched alkanes of at least 4 members (excludes halogenated alkanes) is 1. The normalized spacial score (nSPS) is 12.8. The molecule has 0 saturated heterocycles. The van der Waals surface area contributed by atoms with Crippen LogP contribution in [0.25, 0.3) is 6.08 Å². The van der Waals surface area contributed by atoms with Gasteiger partial charge < -0.3 is 19.3 Å². The molecule has 4 nitrogen and oxygen atoms in total. The highest BCUT2D eigenvalue weighted by Crippen LogP contribution is 2.03. The predicted octanol–water partition coefficient (Wildman–Crippen LogP) is 3.24. The van der Waals surface area contributed by atoms with Crippen molar-refractivity contribution in [3.63, 3.8) is 0 Å². The maximum atomic E-state index is 8.64. The van der Waals surface area contributed by atoms with Crippen LogP contribution < -0.4 is 0 Å². The lowest BCUT2D eigenvalue weighted by molar-refractivity contribution is -0.128. The molecule has 1 atom stereocenters. The zero-order valence-electron chi connectivity index (χ0n) is 12.8. The zero-order valence-corrected chi connectivity index (χ0v) is 14.4. The minimum Gasteiger partial charge on any atom is -0.396 e. The van der Waals surface area contributed by atoms with Crippen LogP contribution in [0, 0.1) is 0 Å². The Kier molecular flexibility index (Phi) is 12.2. The van der Waals surface area contributed by atoms with Gasteiger partial charge in [-0.25, -0.2) is 0 Å². The first kappa shape index (κ1) is 19.3. The van der Waals surface area contributed by atoms with Crippen molar-refractivity contribution in [1.29, 1.82) is 0 Å². The van der Waals surface area contributed by atoms with Crippen LogP contribution in [0.15, 0.2) is 36.4 Å². The smallest absolute Gasteiger partial charge is 0.167 e. The van der Waals surface area contributed by atoms with Crippen LogP contribution >= 0.6 is 15.9 Å². The molecule has 0 aliphatic heterocycles. The second-order valence-corrected chi connectivity index (χ2v) is 5.29. The topological polar surface area (TPSA) is 47.9 Å². The largest absolute Gasteiger partial charge is 0.396 e. The third-order valence-electron chi connectivity index (χ3n) is 2.84. The van der Waals surface area contributed by atoms with Gasteiger partial charge in [-0.05, 0) is 18.4 Å². The molecule has 5 heteroatoms. The van der Waals surface area contributed by atoms with Gasteiger partial charge in [-0.2, -0.15) is 0 Å². The Morgan fingerprint density at radius 3 is 2.59 bits per heavy atom. The van der Waals surface area contributed by atoms with Gasteiger partial charge in [-0.15, -0.1) is 0 Å². The lowest BCUT2D eigenvalue weighted by atomic mass is 10.2. The minimum atomic E-state index is -0.276. The standard InChI is InChI=1S/C17H25BrO4/c18-15-17(22-14-13-20-11-5-4-10-19)21-12-6-9-16-7-2-1-3-8-16/h1-3,6-9,17,19H,4-5,10-15H2/b9-6+. The zero-order chi connectivity index (χ0) is 15.9. The number of hydrogen-bond donors (Lipinski definition) is 1. The summed E-state index contributed by atoms with van der Waals surface area (Å²) in [5.74, 6) is 0. The fourth-order valence-corrected chi connectivity index (χ4v) is 2.08. The van der Waals surface area contributed by atoms with Crippen molar-refractivity contribution in [3.8, 4) is 0 Å². The van der Waals surface area contributed by atoms with Gasteiger partial charge in [0.05, 0.1) is 25.2 Å². The molecule has 0 aliphatic rings. The van der Waals surface area contributed by atoms with Crippen molar-refractivity contribution in [3.05, 3.63) is 42.0 Å². The lowest BCUT2D eigenvalue weighted by Gasteiger charge is -2.15. The van der Waals surface area contributed by atoms with Crippen molar-refractivity contribution in [2.24, 2.45) is 0 Å². The first-order valence-corrected chi connectivity index (χ1v) is 8.68. The second kappa shape index (κ2) is 13.9. The molecule has 0 aromatic heterocycles. The molecular weight excluding hydrogens is 348 g/mol. The van der Waals surface area contributed by atoms with Gasteiger partial charge in [0.25, 0.3) is 0 Å². The summed E-state index contributed by atoms with van der Waals surface area (Å²) in [4.78, 5) is 0. The highest BCUT2D eigenvalue weighted by atomic mass is 79.9. The van der Waals surface area contributed by atoms with E-state index in [1.165, 1.54) is 0 Å². The van der Waals surface area contributed by atoms with E-state index in [-0.39, 0.29) is 12.9 Å². The van der Waals surface area contributed by atoms with Gasteiger partial charge in [0.2, 0.25) is 0 Å². The molecule has 0 saturated carbocycles. The van der Waals surface area contributed by atoms with Gasteiger partial charge in [0.1, 0.15) is 0 Å². The molecule has 0 heterocycles. The fraction of sp³-hybridized carbons (Fsp3) is 0.529. The maximum Gasteiger partial charge on any atom is 0.167 e. The number of alkyl halides is 1. The monoisotopic (exact) mass is 372 g/mol. The highest BCUT2D eigenvalue weighted by Gasteiger charge is 2.06. The van der Waals surface area contributed by atoms with E-state index >= 15 is 0 Å². The second-order valence-electron chi connectivity index (χ2n) is 4.64. The Labute approximate surface area is 141 Å². The van der Waals surface area contributed by atoms with E-state index in [1.807, 2.05) is 42.5 Å². The Morgan fingerprint density at radius 2 is 1.86 bits per heavy atom. The maximum absolute atomic E-state index is 8.64. The third kappa shape index (κ3) is 10.1. The van der Waals surface area contributed by atoms with Crippen molar-refractivity contribution < 1.29 is 19.3 Å². The molecule has 0 amide bonds. The number of rotatable bonds is 13. The number of aliphatic hydroxyl groups excluding tert-OH is 1.